The van der Waals surface area contributed by atoms with Crippen molar-refractivity contribution in [2.24, 2.45) is 0 Å². The number of rotatable bonds is 10. The number of ether oxygens (including phenoxy) is 2. The van der Waals surface area contributed by atoms with Gasteiger partial charge in [0, 0.05) is 20.3 Å². The third-order valence-electron chi connectivity index (χ3n) is 4.78. The molecule has 0 aromatic heterocycles. The number of hydrogen-bond acceptors (Lipinski definition) is 8. The van der Waals surface area contributed by atoms with Gasteiger partial charge in [-0.1, -0.05) is 12.1 Å². The van der Waals surface area contributed by atoms with Gasteiger partial charge in [0.15, 0.2) is 23.0 Å². The van der Waals surface area contributed by atoms with Gasteiger partial charge in [0.25, 0.3) is 0 Å². The van der Waals surface area contributed by atoms with Crippen molar-refractivity contribution in [1.82, 2.24) is 0 Å². The topological polar surface area (TPSA) is 134 Å². The van der Waals surface area contributed by atoms with Crippen LogP contribution in [0, 0.1) is 0 Å². The zero-order valence-corrected chi connectivity index (χ0v) is 17.6. The molecule has 0 aliphatic carbocycles. The van der Waals surface area contributed by atoms with Crippen LogP contribution in [0.15, 0.2) is 36.4 Å². The molecule has 31 heavy (non-hydrogen) atoms. The van der Waals surface area contributed by atoms with Gasteiger partial charge in [-0.05, 0) is 61.1 Å². The van der Waals surface area contributed by atoms with Crippen molar-refractivity contribution in [1.29, 1.82) is 0 Å². The Morgan fingerprint density at radius 3 is 1.42 bits per heavy atom. The number of hydrogen-bond donors (Lipinski definition) is 4. The highest BCUT2D eigenvalue weighted by atomic mass is 16.6. The molecule has 0 spiro atoms. The smallest absolute Gasteiger partial charge is 0.302 e. The molecule has 0 aliphatic rings. The van der Waals surface area contributed by atoms with Gasteiger partial charge in [-0.15, -0.1) is 0 Å². The number of carbonyl (C=O) groups is 2. The average molecular weight is 432 g/mol. The minimum Gasteiger partial charge on any atom is -0.504 e. The van der Waals surface area contributed by atoms with E-state index in [2.05, 4.69) is 0 Å². The first-order valence-electron chi connectivity index (χ1n) is 10.00. The van der Waals surface area contributed by atoms with Crippen LogP contribution in [0.3, 0.4) is 0 Å². The van der Waals surface area contributed by atoms with E-state index in [1.54, 1.807) is 12.1 Å². The van der Waals surface area contributed by atoms with Crippen molar-refractivity contribution in [2.45, 2.75) is 58.2 Å². The summed E-state index contributed by atoms with van der Waals surface area (Å²) in [5.74, 6) is -1.79. The summed E-state index contributed by atoms with van der Waals surface area (Å²) in [7, 11) is 0. The van der Waals surface area contributed by atoms with Crippen LogP contribution < -0.4 is 0 Å². The van der Waals surface area contributed by atoms with E-state index in [4.69, 9.17) is 9.47 Å². The number of esters is 2. The van der Waals surface area contributed by atoms with Crippen LogP contribution in [-0.4, -0.2) is 44.6 Å². The molecule has 2 aromatic rings. The van der Waals surface area contributed by atoms with Gasteiger partial charge in [0.1, 0.15) is 12.2 Å². The standard InChI is InChI=1S/C23H28O8/c1-14(24)30-18(7-3-16-5-9-20(26)22(28)11-16)13-19(31-15(2)25)8-4-17-6-10-21(27)23(29)12-17/h5-6,9-12,18-19,26-29H,3-4,7-8,13H2,1-2H3/t18-,19-/m0/s1. The second-order valence-electron chi connectivity index (χ2n) is 7.42. The van der Waals surface area contributed by atoms with Gasteiger partial charge in [-0.2, -0.15) is 0 Å². The fourth-order valence-corrected chi connectivity index (χ4v) is 3.32. The Morgan fingerprint density at radius 1 is 0.710 bits per heavy atom. The van der Waals surface area contributed by atoms with Crippen molar-refractivity contribution in [3.63, 3.8) is 0 Å². The summed E-state index contributed by atoms with van der Waals surface area (Å²) in [5, 5.41) is 38.1. The SMILES string of the molecule is CC(=O)O[C@@H](CCc1ccc(O)c(O)c1)C[C@H](CCc1ccc(O)c(O)c1)OC(C)=O. The molecule has 2 rings (SSSR count). The van der Waals surface area contributed by atoms with E-state index in [0.29, 0.717) is 25.7 Å². The number of phenols is 4. The molecular formula is C23H28O8. The van der Waals surface area contributed by atoms with Crippen LogP contribution in [-0.2, 0) is 31.9 Å². The highest BCUT2D eigenvalue weighted by Crippen LogP contribution is 2.28. The fourth-order valence-electron chi connectivity index (χ4n) is 3.32. The monoisotopic (exact) mass is 432 g/mol. The highest BCUT2D eigenvalue weighted by molar-refractivity contribution is 5.66. The highest BCUT2D eigenvalue weighted by Gasteiger charge is 2.22. The lowest BCUT2D eigenvalue weighted by molar-refractivity contribution is -0.153. The van der Waals surface area contributed by atoms with Crippen LogP contribution >= 0.6 is 0 Å². The fraction of sp³-hybridized carbons (Fsp3) is 0.391. The number of benzene rings is 2. The van der Waals surface area contributed by atoms with Gasteiger partial charge in [0.2, 0.25) is 0 Å². The minimum absolute atomic E-state index is 0.213. The summed E-state index contributed by atoms with van der Waals surface area (Å²) in [6.07, 6.45) is 1.06. The van der Waals surface area contributed by atoms with E-state index < -0.39 is 24.1 Å². The largest absolute Gasteiger partial charge is 0.504 e. The predicted molar refractivity (Wildman–Crippen MR) is 112 cm³/mol. The summed E-state index contributed by atoms with van der Waals surface area (Å²) in [6, 6.07) is 9.00. The molecule has 0 saturated carbocycles. The maximum atomic E-state index is 11.6. The molecule has 0 heterocycles. The summed E-state index contributed by atoms with van der Waals surface area (Å²) < 4.78 is 10.8. The summed E-state index contributed by atoms with van der Waals surface area (Å²) in [4.78, 5) is 23.1. The summed E-state index contributed by atoms with van der Waals surface area (Å²) >= 11 is 0. The molecule has 0 bridgehead atoms. The van der Waals surface area contributed by atoms with Crippen molar-refractivity contribution in [2.75, 3.05) is 0 Å². The number of aryl methyl sites for hydroxylation is 2. The van der Waals surface area contributed by atoms with Gasteiger partial charge in [-0.3, -0.25) is 9.59 Å². The summed E-state index contributed by atoms with van der Waals surface area (Å²) in [5.41, 5.74) is 1.52. The predicted octanol–water partition coefficient (Wildman–Crippen LogP) is 3.33. The molecule has 2 atom stereocenters. The lowest BCUT2D eigenvalue weighted by Crippen LogP contribution is -2.27. The van der Waals surface area contributed by atoms with Crippen molar-refractivity contribution in [3.8, 4) is 23.0 Å². The minimum atomic E-state index is -0.522. The number of carbonyl (C=O) groups excluding carboxylic acids is 2. The van der Waals surface area contributed by atoms with Gasteiger partial charge < -0.3 is 29.9 Å². The second-order valence-corrected chi connectivity index (χ2v) is 7.42. The van der Waals surface area contributed by atoms with Crippen LogP contribution in [0.5, 0.6) is 23.0 Å². The first kappa shape index (κ1) is 23.9. The Morgan fingerprint density at radius 2 is 1.10 bits per heavy atom. The van der Waals surface area contributed by atoms with Crippen molar-refractivity contribution in [3.05, 3.63) is 47.5 Å². The molecular weight excluding hydrogens is 404 g/mol. The molecule has 168 valence electrons. The maximum absolute atomic E-state index is 11.6. The zero-order chi connectivity index (χ0) is 23.0. The lowest BCUT2D eigenvalue weighted by atomic mass is 9.98. The first-order valence-corrected chi connectivity index (χ1v) is 10.00. The number of aromatic hydroxyl groups is 4. The molecule has 0 radical (unpaired) electrons. The van der Waals surface area contributed by atoms with Crippen molar-refractivity contribution < 1.29 is 39.5 Å². The lowest BCUT2D eigenvalue weighted by Gasteiger charge is -2.23. The Bertz CT molecular complexity index is 835. The maximum Gasteiger partial charge on any atom is 0.302 e. The van der Waals surface area contributed by atoms with E-state index in [9.17, 15) is 30.0 Å². The normalized spacial score (nSPS) is 12.7. The van der Waals surface area contributed by atoms with Crippen LogP contribution in [0.1, 0.15) is 44.2 Å². The Labute approximate surface area is 180 Å². The first-order chi connectivity index (χ1) is 14.6. The Hall–Kier alpha value is -3.42. The third-order valence-corrected chi connectivity index (χ3v) is 4.78. The van der Waals surface area contributed by atoms with Crippen LogP contribution in [0.2, 0.25) is 0 Å². The van der Waals surface area contributed by atoms with E-state index in [-0.39, 0.29) is 29.4 Å². The van der Waals surface area contributed by atoms with Gasteiger partial charge in [-0.25, -0.2) is 0 Å². The van der Waals surface area contributed by atoms with E-state index >= 15 is 0 Å². The van der Waals surface area contributed by atoms with E-state index in [1.807, 2.05) is 0 Å². The second kappa shape index (κ2) is 11.1. The molecule has 8 heteroatoms. The molecule has 0 unspecified atom stereocenters. The van der Waals surface area contributed by atoms with E-state index in [0.717, 1.165) is 11.1 Å². The van der Waals surface area contributed by atoms with Crippen LogP contribution in [0.25, 0.3) is 0 Å². The molecule has 0 saturated heterocycles. The van der Waals surface area contributed by atoms with E-state index in [1.165, 1.54) is 38.1 Å². The average Bonchev–Trinajstić information content (AvgIpc) is 2.68. The molecule has 0 aliphatic heterocycles. The Kier molecular flexibility index (Phi) is 8.54. The third kappa shape index (κ3) is 8.08. The zero-order valence-electron chi connectivity index (χ0n) is 17.6. The molecule has 0 fully saturated rings. The van der Waals surface area contributed by atoms with Gasteiger partial charge in [0.05, 0.1) is 0 Å². The number of phenolic OH excluding ortho intramolecular Hbond substituents is 4. The summed E-state index contributed by atoms with van der Waals surface area (Å²) in [6.45, 7) is 2.61. The molecule has 4 N–H and O–H groups in total. The quantitative estimate of drug-likeness (QED) is 0.332. The van der Waals surface area contributed by atoms with Crippen LogP contribution in [0.4, 0.5) is 0 Å². The Balaban J connectivity index is 2.04. The molecule has 0 amide bonds. The molecule has 2 aromatic carbocycles. The van der Waals surface area contributed by atoms with Gasteiger partial charge >= 0.3 is 11.9 Å². The van der Waals surface area contributed by atoms with Crippen molar-refractivity contribution >= 4 is 11.9 Å². The molecule has 8 nitrogen and oxygen atoms in total.